The molecule has 1 amide bonds. The average molecular weight is 282 g/mol. The maximum Gasteiger partial charge on any atom is 0.293 e. The topological polar surface area (TPSA) is 120 Å². The van der Waals surface area contributed by atoms with Gasteiger partial charge in [-0.05, 0) is 26.0 Å². The molecule has 0 saturated carbocycles. The summed E-state index contributed by atoms with van der Waals surface area (Å²) < 4.78 is 5.18. The molecule has 0 saturated heterocycles. The number of hydrazine groups is 1. The minimum Gasteiger partial charge on any atom is -0.377 e. The molecule has 0 spiro atoms. The molecule has 0 aliphatic rings. The zero-order valence-corrected chi connectivity index (χ0v) is 11.6. The van der Waals surface area contributed by atoms with E-state index >= 15 is 0 Å². The molecule has 110 valence electrons. The normalized spacial score (nSPS) is 11.0. The third kappa shape index (κ3) is 3.90. The van der Waals surface area contributed by atoms with Gasteiger partial charge in [0.2, 0.25) is 0 Å². The third-order valence-corrected chi connectivity index (χ3v) is 2.84. The minimum atomic E-state index is -0.578. The molecule has 4 N–H and O–H groups in total. The van der Waals surface area contributed by atoms with Crippen molar-refractivity contribution in [3.8, 4) is 0 Å². The molecule has 0 aliphatic carbocycles. The lowest BCUT2D eigenvalue weighted by Gasteiger charge is -2.23. The number of nitrogens with two attached hydrogens (primary N) is 1. The highest BCUT2D eigenvalue weighted by Crippen LogP contribution is 2.24. The van der Waals surface area contributed by atoms with Crippen molar-refractivity contribution in [3.63, 3.8) is 0 Å². The van der Waals surface area contributed by atoms with Crippen molar-refractivity contribution in [2.75, 3.05) is 19.1 Å². The van der Waals surface area contributed by atoms with Crippen LogP contribution >= 0.6 is 0 Å². The van der Waals surface area contributed by atoms with E-state index in [2.05, 4.69) is 10.7 Å². The summed E-state index contributed by atoms with van der Waals surface area (Å²) in [4.78, 5) is 22.1. The van der Waals surface area contributed by atoms with Gasteiger partial charge in [-0.15, -0.1) is 0 Å². The molecule has 1 rings (SSSR count). The van der Waals surface area contributed by atoms with Crippen molar-refractivity contribution in [2.24, 2.45) is 5.84 Å². The van der Waals surface area contributed by atoms with Gasteiger partial charge >= 0.3 is 0 Å². The summed E-state index contributed by atoms with van der Waals surface area (Å²) in [7, 11) is 1.55. The number of nitro benzene ring substituents is 1. The Morgan fingerprint density at radius 3 is 2.65 bits per heavy atom. The van der Waals surface area contributed by atoms with Gasteiger partial charge < -0.3 is 15.5 Å². The van der Waals surface area contributed by atoms with Gasteiger partial charge in [-0.3, -0.25) is 20.8 Å². The van der Waals surface area contributed by atoms with E-state index in [0.717, 1.165) is 0 Å². The first kappa shape index (κ1) is 15.9. The molecular formula is C12H18N4O4. The second kappa shape index (κ2) is 6.31. The van der Waals surface area contributed by atoms with Crippen molar-refractivity contribution in [2.45, 2.75) is 19.4 Å². The Labute approximate surface area is 116 Å². The van der Waals surface area contributed by atoms with Crippen LogP contribution in [-0.4, -0.2) is 30.1 Å². The van der Waals surface area contributed by atoms with Gasteiger partial charge in [0.15, 0.2) is 0 Å². The molecule has 0 bridgehead atoms. The molecule has 0 aromatic heterocycles. The summed E-state index contributed by atoms with van der Waals surface area (Å²) in [5, 5.41) is 13.4. The number of amides is 1. The SMILES string of the molecule is COC(C)(C)CNC(=O)c1ccc([N+](=O)[O-])c(NN)c1. The van der Waals surface area contributed by atoms with Crippen molar-refractivity contribution in [3.05, 3.63) is 33.9 Å². The molecule has 20 heavy (non-hydrogen) atoms. The van der Waals surface area contributed by atoms with Crippen LogP contribution in [0.2, 0.25) is 0 Å². The van der Waals surface area contributed by atoms with E-state index in [-0.39, 0.29) is 22.8 Å². The molecule has 0 atom stereocenters. The molecule has 1 aromatic rings. The summed E-state index contributed by atoms with van der Waals surface area (Å²) in [6.07, 6.45) is 0. The fraction of sp³-hybridized carbons (Fsp3) is 0.417. The van der Waals surface area contributed by atoms with Gasteiger partial charge in [0.1, 0.15) is 5.69 Å². The van der Waals surface area contributed by atoms with Gasteiger partial charge in [0.05, 0.1) is 10.5 Å². The highest BCUT2D eigenvalue weighted by Gasteiger charge is 2.20. The molecule has 0 heterocycles. The Hall–Kier alpha value is -2.19. The van der Waals surface area contributed by atoms with Crippen LogP contribution in [0.1, 0.15) is 24.2 Å². The van der Waals surface area contributed by atoms with E-state index in [1.165, 1.54) is 18.2 Å². The van der Waals surface area contributed by atoms with Crippen LogP contribution in [0.5, 0.6) is 0 Å². The van der Waals surface area contributed by atoms with E-state index < -0.39 is 10.5 Å². The summed E-state index contributed by atoms with van der Waals surface area (Å²) in [5.74, 6) is 4.86. The maximum atomic E-state index is 12.0. The molecule has 8 heteroatoms. The largest absolute Gasteiger partial charge is 0.377 e. The average Bonchev–Trinajstić information content (AvgIpc) is 2.43. The standard InChI is InChI=1S/C12H18N4O4/c1-12(2,20-3)7-14-11(17)8-4-5-10(16(18)19)9(6-8)15-13/h4-6,15H,7,13H2,1-3H3,(H,14,17). The molecule has 1 aromatic carbocycles. The predicted molar refractivity (Wildman–Crippen MR) is 74.3 cm³/mol. The highest BCUT2D eigenvalue weighted by atomic mass is 16.6. The van der Waals surface area contributed by atoms with Crippen LogP contribution < -0.4 is 16.6 Å². The summed E-state index contributed by atoms with van der Waals surface area (Å²) in [6.45, 7) is 3.97. The number of carbonyl (C=O) groups excluding carboxylic acids is 1. The first-order chi connectivity index (χ1) is 9.30. The monoisotopic (exact) mass is 282 g/mol. The number of hydrogen-bond acceptors (Lipinski definition) is 6. The Balaban J connectivity index is 2.87. The molecule has 0 radical (unpaired) electrons. The van der Waals surface area contributed by atoms with Crippen LogP contribution in [0.15, 0.2) is 18.2 Å². The fourth-order valence-electron chi connectivity index (χ4n) is 1.42. The number of nitro groups is 1. The van der Waals surface area contributed by atoms with E-state index in [9.17, 15) is 14.9 Å². The van der Waals surface area contributed by atoms with Crippen molar-refractivity contribution >= 4 is 17.3 Å². The molecule has 0 unspecified atom stereocenters. The smallest absolute Gasteiger partial charge is 0.293 e. The number of methoxy groups -OCH3 is 1. The Morgan fingerprint density at radius 1 is 1.50 bits per heavy atom. The van der Waals surface area contributed by atoms with E-state index in [0.29, 0.717) is 6.54 Å². The minimum absolute atomic E-state index is 0.0775. The van der Waals surface area contributed by atoms with Gasteiger partial charge in [0.25, 0.3) is 11.6 Å². The van der Waals surface area contributed by atoms with E-state index in [4.69, 9.17) is 10.6 Å². The highest BCUT2D eigenvalue weighted by molar-refractivity contribution is 5.95. The second-order valence-corrected chi connectivity index (χ2v) is 4.78. The van der Waals surface area contributed by atoms with Crippen LogP contribution in [-0.2, 0) is 4.74 Å². The number of ether oxygens (including phenoxy) is 1. The lowest BCUT2D eigenvalue weighted by Crippen LogP contribution is -2.39. The van der Waals surface area contributed by atoms with Gasteiger partial charge in [-0.2, -0.15) is 0 Å². The first-order valence-corrected chi connectivity index (χ1v) is 5.89. The molecule has 0 aliphatic heterocycles. The molecule has 8 nitrogen and oxygen atoms in total. The lowest BCUT2D eigenvalue weighted by atomic mass is 10.1. The maximum absolute atomic E-state index is 12.0. The Bertz CT molecular complexity index is 516. The lowest BCUT2D eigenvalue weighted by molar-refractivity contribution is -0.384. The van der Waals surface area contributed by atoms with Crippen LogP contribution in [0.3, 0.4) is 0 Å². The van der Waals surface area contributed by atoms with E-state index in [1.807, 2.05) is 13.8 Å². The van der Waals surface area contributed by atoms with Crippen molar-refractivity contribution in [1.82, 2.24) is 5.32 Å². The third-order valence-electron chi connectivity index (χ3n) is 2.84. The number of rotatable bonds is 6. The fourth-order valence-corrected chi connectivity index (χ4v) is 1.42. The van der Waals surface area contributed by atoms with Crippen LogP contribution in [0.4, 0.5) is 11.4 Å². The van der Waals surface area contributed by atoms with Gasteiger partial charge in [-0.1, -0.05) is 0 Å². The van der Waals surface area contributed by atoms with Crippen molar-refractivity contribution < 1.29 is 14.5 Å². The number of nitrogens with zero attached hydrogens (tertiary/aromatic N) is 1. The number of carbonyl (C=O) groups is 1. The summed E-state index contributed by atoms with van der Waals surface area (Å²) >= 11 is 0. The quantitative estimate of drug-likeness (QED) is 0.407. The number of benzene rings is 1. The Morgan fingerprint density at radius 2 is 2.15 bits per heavy atom. The molecular weight excluding hydrogens is 264 g/mol. The molecule has 0 fully saturated rings. The van der Waals surface area contributed by atoms with Crippen molar-refractivity contribution in [1.29, 1.82) is 0 Å². The summed E-state index contributed by atoms with van der Waals surface area (Å²) in [6, 6.07) is 3.92. The van der Waals surface area contributed by atoms with Crippen LogP contribution in [0.25, 0.3) is 0 Å². The second-order valence-electron chi connectivity index (χ2n) is 4.78. The van der Waals surface area contributed by atoms with Gasteiger partial charge in [0, 0.05) is 25.3 Å². The Kier molecular flexibility index (Phi) is 5.00. The van der Waals surface area contributed by atoms with Crippen LogP contribution in [0, 0.1) is 10.1 Å². The number of nitrogens with one attached hydrogen (secondary N) is 2. The predicted octanol–water partition coefficient (Wildman–Crippen LogP) is 1.04. The van der Waals surface area contributed by atoms with E-state index in [1.54, 1.807) is 7.11 Å². The first-order valence-electron chi connectivity index (χ1n) is 5.89. The number of anilines is 1. The van der Waals surface area contributed by atoms with Gasteiger partial charge in [-0.25, -0.2) is 0 Å². The number of hydrogen-bond donors (Lipinski definition) is 3. The zero-order chi connectivity index (χ0) is 15.3. The summed E-state index contributed by atoms with van der Waals surface area (Å²) in [5.41, 5.74) is 1.87. The number of nitrogen functional groups attached to an aromatic ring is 1. The zero-order valence-electron chi connectivity index (χ0n) is 11.6.